The maximum absolute atomic E-state index is 12.4. The summed E-state index contributed by atoms with van der Waals surface area (Å²) in [4.78, 5) is 38.4. The summed E-state index contributed by atoms with van der Waals surface area (Å²) in [5, 5.41) is 0. The summed E-state index contributed by atoms with van der Waals surface area (Å²) in [6.07, 6.45) is 0.219. The summed E-state index contributed by atoms with van der Waals surface area (Å²) in [6, 6.07) is 2.52. The van der Waals surface area contributed by atoms with Gasteiger partial charge in [0.15, 0.2) is 16.8 Å². The molecule has 1 spiro atoms. The molecule has 21 heavy (non-hydrogen) atoms. The van der Waals surface area contributed by atoms with Crippen LogP contribution in [-0.4, -0.2) is 54.1 Å². The van der Waals surface area contributed by atoms with Crippen molar-refractivity contribution in [2.75, 3.05) is 26.7 Å². The zero-order valence-corrected chi connectivity index (χ0v) is 11.9. The van der Waals surface area contributed by atoms with Crippen LogP contribution in [-0.2, 0) is 4.74 Å². The standard InChI is InChI=1S/C14H16N2O5/c1-9-5-10(17)6-11(20-9)12(18)16-4-3-14(8-16)7-15(2)13(19)21-14/h5-6H,3-4,7-8H2,1-2H3. The lowest BCUT2D eigenvalue weighted by atomic mass is 10.0. The van der Waals surface area contributed by atoms with Gasteiger partial charge in [0.2, 0.25) is 0 Å². The second-order valence-electron chi connectivity index (χ2n) is 5.65. The molecule has 0 radical (unpaired) electrons. The quantitative estimate of drug-likeness (QED) is 0.758. The molecule has 0 aliphatic carbocycles. The van der Waals surface area contributed by atoms with Crippen molar-refractivity contribution in [3.63, 3.8) is 0 Å². The number of hydrogen-bond donors (Lipinski definition) is 0. The van der Waals surface area contributed by atoms with Gasteiger partial charge in [-0.2, -0.15) is 0 Å². The van der Waals surface area contributed by atoms with Gasteiger partial charge in [-0.05, 0) is 6.92 Å². The number of carbonyl (C=O) groups is 2. The molecule has 0 N–H and O–H groups in total. The van der Waals surface area contributed by atoms with E-state index in [1.165, 1.54) is 17.0 Å². The molecule has 2 aliphatic heterocycles. The van der Waals surface area contributed by atoms with Gasteiger partial charge in [0.05, 0.1) is 13.1 Å². The lowest BCUT2D eigenvalue weighted by molar-refractivity contribution is 0.0537. The molecule has 112 valence electrons. The van der Waals surface area contributed by atoms with E-state index in [4.69, 9.17) is 9.15 Å². The van der Waals surface area contributed by atoms with Gasteiger partial charge in [0.25, 0.3) is 5.91 Å². The van der Waals surface area contributed by atoms with Crippen LogP contribution >= 0.6 is 0 Å². The van der Waals surface area contributed by atoms with E-state index in [1.54, 1.807) is 18.9 Å². The van der Waals surface area contributed by atoms with Crippen LogP contribution in [0.2, 0.25) is 0 Å². The van der Waals surface area contributed by atoms with Crippen molar-refractivity contribution in [1.82, 2.24) is 9.80 Å². The number of nitrogens with zero attached hydrogens (tertiary/aromatic N) is 2. The molecular formula is C14H16N2O5. The van der Waals surface area contributed by atoms with E-state index in [2.05, 4.69) is 0 Å². The van der Waals surface area contributed by atoms with Crippen LogP contribution in [0.4, 0.5) is 4.79 Å². The number of ether oxygens (including phenoxy) is 1. The van der Waals surface area contributed by atoms with Crippen LogP contribution in [0.3, 0.4) is 0 Å². The predicted octanol–water partition coefficient (Wildman–Crippen LogP) is 0.615. The zero-order chi connectivity index (χ0) is 15.2. The van der Waals surface area contributed by atoms with Crippen LogP contribution in [0.15, 0.2) is 21.3 Å². The fourth-order valence-corrected chi connectivity index (χ4v) is 2.89. The average Bonchev–Trinajstić information content (AvgIpc) is 2.92. The largest absolute Gasteiger partial charge is 0.456 e. The molecule has 0 saturated carbocycles. The number of hydrogen-bond acceptors (Lipinski definition) is 5. The first-order chi connectivity index (χ1) is 9.88. The van der Waals surface area contributed by atoms with Crippen molar-refractivity contribution in [3.8, 4) is 0 Å². The van der Waals surface area contributed by atoms with E-state index in [9.17, 15) is 14.4 Å². The SMILES string of the molecule is Cc1cc(=O)cc(C(=O)N2CCC3(CN(C)C(=O)O3)C2)o1. The van der Waals surface area contributed by atoms with Gasteiger partial charge in [-0.25, -0.2) is 4.79 Å². The van der Waals surface area contributed by atoms with Crippen LogP contribution in [0.25, 0.3) is 0 Å². The molecule has 7 nitrogen and oxygen atoms in total. The van der Waals surface area contributed by atoms with Crippen LogP contribution in [0, 0.1) is 6.92 Å². The summed E-state index contributed by atoms with van der Waals surface area (Å²) in [6.45, 7) is 2.88. The number of amides is 2. The van der Waals surface area contributed by atoms with Crippen molar-refractivity contribution in [2.24, 2.45) is 0 Å². The Morgan fingerprint density at radius 1 is 1.29 bits per heavy atom. The fraction of sp³-hybridized carbons (Fsp3) is 0.500. The van der Waals surface area contributed by atoms with Gasteiger partial charge >= 0.3 is 6.09 Å². The second kappa shape index (κ2) is 4.61. The molecule has 2 saturated heterocycles. The predicted molar refractivity (Wildman–Crippen MR) is 72.1 cm³/mol. The monoisotopic (exact) mass is 292 g/mol. The molecule has 3 heterocycles. The van der Waals surface area contributed by atoms with E-state index >= 15 is 0 Å². The molecule has 3 rings (SSSR count). The lowest BCUT2D eigenvalue weighted by Gasteiger charge is -2.21. The highest BCUT2D eigenvalue weighted by atomic mass is 16.6. The molecule has 7 heteroatoms. The van der Waals surface area contributed by atoms with Gasteiger partial charge < -0.3 is 19.0 Å². The van der Waals surface area contributed by atoms with Crippen molar-refractivity contribution in [1.29, 1.82) is 0 Å². The van der Waals surface area contributed by atoms with Crippen LogP contribution in [0.1, 0.15) is 22.7 Å². The van der Waals surface area contributed by atoms with Gasteiger partial charge in [-0.15, -0.1) is 0 Å². The summed E-state index contributed by atoms with van der Waals surface area (Å²) >= 11 is 0. The first kappa shape index (κ1) is 13.7. The first-order valence-electron chi connectivity index (χ1n) is 6.74. The molecule has 1 aromatic heterocycles. The van der Waals surface area contributed by atoms with E-state index < -0.39 is 5.60 Å². The minimum atomic E-state index is -0.633. The Morgan fingerprint density at radius 3 is 2.67 bits per heavy atom. The van der Waals surface area contributed by atoms with Crippen LogP contribution < -0.4 is 5.43 Å². The first-order valence-corrected chi connectivity index (χ1v) is 6.74. The van der Waals surface area contributed by atoms with Gasteiger partial charge in [-0.3, -0.25) is 9.59 Å². The van der Waals surface area contributed by atoms with Crippen molar-refractivity contribution in [2.45, 2.75) is 18.9 Å². The Kier molecular flexibility index (Phi) is 3.00. The molecular weight excluding hydrogens is 276 g/mol. The summed E-state index contributed by atoms with van der Waals surface area (Å²) in [5.74, 6) is 0.0693. The summed E-state index contributed by atoms with van der Waals surface area (Å²) in [7, 11) is 1.67. The third-order valence-electron chi connectivity index (χ3n) is 3.84. The maximum Gasteiger partial charge on any atom is 0.410 e. The molecule has 2 fully saturated rings. The molecule has 0 bridgehead atoms. The van der Waals surface area contributed by atoms with Crippen molar-refractivity contribution < 1.29 is 18.7 Å². The summed E-state index contributed by atoms with van der Waals surface area (Å²) < 4.78 is 10.7. The molecule has 2 aliphatic rings. The van der Waals surface area contributed by atoms with Gasteiger partial charge in [0, 0.05) is 32.1 Å². The highest BCUT2D eigenvalue weighted by Crippen LogP contribution is 2.32. The molecule has 0 aromatic carbocycles. The molecule has 1 unspecified atom stereocenters. The number of carbonyl (C=O) groups excluding carboxylic acids is 2. The van der Waals surface area contributed by atoms with Crippen molar-refractivity contribution >= 4 is 12.0 Å². The number of likely N-dealkylation sites (N-methyl/N-ethyl adjacent to an activating group) is 1. The topological polar surface area (TPSA) is 80.1 Å². The van der Waals surface area contributed by atoms with E-state index in [-0.39, 0.29) is 23.2 Å². The summed E-state index contributed by atoms with van der Waals surface area (Å²) in [5.41, 5.74) is -0.894. The van der Waals surface area contributed by atoms with E-state index in [0.717, 1.165) is 0 Å². The molecule has 1 aromatic rings. The Labute approximate surface area is 121 Å². The maximum atomic E-state index is 12.4. The lowest BCUT2D eigenvalue weighted by Crippen LogP contribution is -2.39. The third-order valence-corrected chi connectivity index (χ3v) is 3.84. The Balaban J connectivity index is 1.79. The normalized spacial score (nSPS) is 24.8. The van der Waals surface area contributed by atoms with Gasteiger partial charge in [0.1, 0.15) is 5.76 Å². The van der Waals surface area contributed by atoms with Gasteiger partial charge in [-0.1, -0.05) is 0 Å². The molecule has 2 amide bonds. The van der Waals surface area contributed by atoms with E-state index in [0.29, 0.717) is 31.8 Å². The highest BCUT2D eigenvalue weighted by Gasteiger charge is 2.49. The zero-order valence-electron chi connectivity index (χ0n) is 11.9. The third kappa shape index (κ3) is 2.39. The minimum absolute atomic E-state index is 0.0229. The highest BCUT2D eigenvalue weighted by molar-refractivity contribution is 5.91. The minimum Gasteiger partial charge on any atom is -0.456 e. The number of likely N-dealkylation sites (tertiary alicyclic amines) is 1. The smallest absolute Gasteiger partial charge is 0.410 e. The second-order valence-corrected chi connectivity index (χ2v) is 5.65. The number of rotatable bonds is 1. The molecule has 1 atom stereocenters. The Bertz CT molecular complexity index is 668. The van der Waals surface area contributed by atoms with Crippen molar-refractivity contribution in [3.05, 3.63) is 33.9 Å². The number of aryl methyl sites for hydroxylation is 1. The van der Waals surface area contributed by atoms with Crippen LogP contribution in [0.5, 0.6) is 0 Å². The Hall–Kier alpha value is -2.31. The van der Waals surface area contributed by atoms with E-state index in [1.807, 2.05) is 0 Å². The average molecular weight is 292 g/mol. The Morgan fingerprint density at radius 2 is 2.05 bits per heavy atom. The fourth-order valence-electron chi connectivity index (χ4n) is 2.89.